The summed E-state index contributed by atoms with van der Waals surface area (Å²) in [6, 6.07) is 0.0505. The Kier molecular flexibility index (Phi) is 4.33. The molecule has 1 unspecified atom stereocenters. The first-order chi connectivity index (χ1) is 10.6. The van der Waals surface area contributed by atoms with Gasteiger partial charge in [-0.2, -0.15) is 0 Å². The maximum absolute atomic E-state index is 12.0. The van der Waals surface area contributed by atoms with Crippen LogP contribution in [0.25, 0.3) is 0 Å². The van der Waals surface area contributed by atoms with Crippen molar-refractivity contribution < 1.29 is 19.1 Å². The Labute approximate surface area is 129 Å². The van der Waals surface area contributed by atoms with Gasteiger partial charge in [0.25, 0.3) is 0 Å². The van der Waals surface area contributed by atoms with E-state index in [4.69, 9.17) is 4.74 Å². The first-order valence-corrected chi connectivity index (χ1v) is 7.95. The lowest BCUT2D eigenvalue weighted by atomic mass is 10.1. The standard InChI is InChI=1S/C15H23N3O4/c1-16-15(21)11-4-13(19)18(5-11)12-6-17(7-12)14(20)9-22-8-10-2-3-10/h10-12H,2-9H2,1H3,(H,16,21). The highest BCUT2D eigenvalue weighted by Crippen LogP contribution is 2.29. The third kappa shape index (κ3) is 3.24. The van der Waals surface area contributed by atoms with Crippen LogP contribution in [0.15, 0.2) is 0 Å². The number of nitrogens with zero attached hydrogens (tertiary/aromatic N) is 2. The van der Waals surface area contributed by atoms with Gasteiger partial charge in [-0.1, -0.05) is 0 Å². The second kappa shape index (κ2) is 6.24. The van der Waals surface area contributed by atoms with Gasteiger partial charge in [0.05, 0.1) is 18.6 Å². The number of carbonyl (C=O) groups is 3. The highest BCUT2D eigenvalue weighted by Gasteiger charge is 2.43. The van der Waals surface area contributed by atoms with Gasteiger partial charge in [0.2, 0.25) is 17.7 Å². The Hall–Kier alpha value is -1.63. The van der Waals surface area contributed by atoms with Gasteiger partial charge < -0.3 is 19.9 Å². The maximum atomic E-state index is 12.0. The second-order valence-corrected chi connectivity index (χ2v) is 6.47. The van der Waals surface area contributed by atoms with Crippen LogP contribution in [0, 0.1) is 11.8 Å². The molecule has 122 valence electrons. The molecular formula is C15H23N3O4. The molecule has 0 aromatic heterocycles. The van der Waals surface area contributed by atoms with Crippen molar-refractivity contribution in [3.05, 3.63) is 0 Å². The quantitative estimate of drug-likeness (QED) is 0.698. The fourth-order valence-corrected chi connectivity index (χ4v) is 3.01. The normalized spacial score (nSPS) is 25.3. The van der Waals surface area contributed by atoms with E-state index < -0.39 is 0 Å². The average Bonchev–Trinajstić information content (AvgIpc) is 3.19. The van der Waals surface area contributed by atoms with E-state index in [0.29, 0.717) is 32.2 Å². The van der Waals surface area contributed by atoms with E-state index in [9.17, 15) is 14.4 Å². The summed E-state index contributed by atoms with van der Waals surface area (Å²) in [5.74, 6) is 0.309. The molecule has 3 amide bonds. The molecule has 7 nitrogen and oxygen atoms in total. The predicted octanol–water partition coefficient (Wildman–Crippen LogP) is -0.782. The van der Waals surface area contributed by atoms with Crippen molar-refractivity contribution in [1.82, 2.24) is 15.1 Å². The van der Waals surface area contributed by atoms with Crippen LogP contribution in [0.5, 0.6) is 0 Å². The lowest BCUT2D eigenvalue weighted by Gasteiger charge is -2.44. The summed E-state index contributed by atoms with van der Waals surface area (Å²) in [5.41, 5.74) is 0. The summed E-state index contributed by atoms with van der Waals surface area (Å²) in [4.78, 5) is 39.0. The SMILES string of the molecule is CNC(=O)C1CC(=O)N(C2CN(C(=O)COCC3CC3)C2)C1. The smallest absolute Gasteiger partial charge is 0.248 e. The molecule has 2 aliphatic heterocycles. The summed E-state index contributed by atoms with van der Waals surface area (Å²) >= 11 is 0. The molecule has 3 fully saturated rings. The van der Waals surface area contributed by atoms with E-state index in [1.165, 1.54) is 12.8 Å². The minimum absolute atomic E-state index is 0.00797. The lowest BCUT2D eigenvalue weighted by Crippen LogP contribution is -2.62. The molecule has 1 saturated carbocycles. The largest absolute Gasteiger partial charge is 0.371 e. The molecule has 2 saturated heterocycles. The van der Waals surface area contributed by atoms with Crippen molar-refractivity contribution in [2.24, 2.45) is 11.8 Å². The molecule has 1 N–H and O–H groups in total. The van der Waals surface area contributed by atoms with Crippen LogP contribution in [0.4, 0.5) is 0 Å². The predicted molar refractivity (Wildman–Crippen MR) is 77.8 cm³/mol. The number of rotatable bonds is 6. The van der Waals surface area contributed by atoms with E-state index in [1.54, 1.807) is 16.8 Å². The van der Waals surface area contributed by atoms with Gasteiger partial charge in [-0.25, -0.2) is 0 Å². The van der Waals surface area contributed by atoms with Crippen molar-refractivity contribution in [3.8, 4) is 0 Å². The Morgan fingerprint density at radius 2 is 2.00 bits per heavy atom. The van der Waals surface area contributed by atoms with Crippen LogP contribution >= 0.6 is 0 Å². The highest BCUT2D eigenvalue weighted by molar-refractivity contribution is 5.89. The minimum Gasteiger partial charge on any atom is -0.371 e. The topological polar surface area (TPSA) is 79.0 Å². The molecule has 0 bridgehead atoms. The number of ether oxygens (including phenoxy) is 1. The van der Waals surface area contributed by atoms with E-state index in [-0.39, 0.29) is 42.7 Å². The van der Waals surface area contributed by atoms with Crippen LogP contribution < -0.4 is 5.32 Å². The van der Waals surface area contributed by atoms with Gasteiger partial charge in [0, 0.05) is 33.1 Å². The van der Waals surface area contributed by atoms with Crippen LogP contribution in [0.2, 0.25) is 0 Å². The number of carbonyl (C=O) groups excluding carboxylic acids is 3. The first kappa shape index (κ1) is 15.3. The first-order valence-electron chi connectivity index (χ1n) is 7.95. The molecule has 1 aliphatic carbocycles. The molecule has 22 heavy (non-hydrogen) atoms. The molecule has 3 aliphatic rings. The van der Waals surface area contributed by atoms with Gasteiger partial charge in [-0.3, -0.25) is 14.4 Å². The highest BCUT2D eigenvalue weighted by atomic mass is 16.5. The Morgan fingerprint density at radius 3 is 2.64 bits per heavy atom. The van der Waals surface area contributed by atoms with E-state index in [1.807, 2.05) is 0 Å². The van der Waals surface area contributed by atoms with E-state index in [0.717, 1.165) is 0 Å². The van der Waals surface area contributed by atoms with Crippen LogP contribution in [-0.4, -0.2) is 73.5 Å². The molecule has 0 spiro atoms. The molecule has 2 heterocycles. The maximum Gasteiger partial charge on any atom is 0.248 e. The van der Waals surface area contributed by atoms with Crippen molar-refractivity contribution in [3.63, 3.8) is 0 Å². The zero-order chi connectivity index (χ0) is 15.7. The molecule has 7 heteroatoms. The van der Waals surface area contributed by atoms with E-state index >= 15 is 0 Å². The van der Waals surface area contributed by atoms with Gasteiger partial charge in [-0.05, 0) is 18.8 Å². The number of hydrogen-bond acceptors (Lipinski definition) is 4. The van der Waals surface area contributed by atoms with Crippen molar-refractivity contribution >= 4 is 17.7 Å². The summed E-state index contributed by atoms with van der Waals surface area (Å²) in [6.07, 6.45) is 2.70. The number of nitrogens with one attached hydrogen (secondary N) is 1. The Morgan fingerprint density at radius 1 is 1.27 bits per heavy atom. The molecule has 0 aromatic rings. The Balaban J connectivity index is 1.39. The summed E-state index contributed by atoms with van der Waals surface area (Å²) in [5, 5.41) is 2.59. The van der Waals surface area contributed by atoms with Gasteiger partial charge in [-0.15, -0.1) is 0 Å². The van der Waals surface area contributed by atoms with Gasteiger partial charge in [0.1, 0.15) is 6.61 Å². The van der Waals surface area contributed by atoms with Gasteiger partial charge >= 0.3 is 0 Å². The Bertz CT molecular complexity index is 471. The molecule has 1 atom stereocenters. The molecule has 0 radical (unpaired) electrons. The number of amides is 3. The fraction of sp³-hybridized carbons (Fsp3) is 0.800. The third-order valence-corrected chi connectivity index (χ3v) is 4.71. The monoisotopic (exact) mass is 309 g/mol. The van der Waals surface area contributed by atoms with Crippen LogP contribution in [0.3, 0.4) is 0 Å². The number of hydrogen-bond donors (Lipinski definition) is 1. The number of likely N-dealkylation sites (tertiary alicyclic amines) is 2. The van der Waals surface area contributed by atoms with Crippen LogP contribution in [-0.2, 0) is 19.1 Å². The summed E-state index contributed by atoms with van der Waals surface area (Å²) in [7, 11) is 1.58. The third-order valence-electron chi connectivity index (χ3n) is 4.71. The average molecular weight is 309 g/mol. The fourth-order valence-electron chi connectivity index (χ4n) is 3.01. The second-order valence-electron chi connectivity index (χ2n) is 6.47. The molecule has 0 aromatic carbocycles. The lowest BCUT2D eigenvalue weighted by molar-refractivity contribution is -0.147. The van der Waals surface area contributed by atoms with Crippen molar-refractivity contribution in [2.45, 2.75) is 25.3 Å². The minimum atomic E-state index is -0.260. The molecule has 3 rings (SSSR count). The van der Waals surface area contributed by atoms with Crippen molar-refractivity contribution in [2.75, 3.05) is 39.9 Å². The van der Waals surface area contributed by atoms with Crippen LogP contribution in [0.1, 0.15) is 19.3 Å². The molecular weight excluding hydrogens is 286 g/mol. The van der Waals surface area contributed by atoms with Crippen molar-refractivity contribution in [1.29, 1.82) is 0 Å². The van der Waals surface area contributed by atoms with Gasteiger partial charge in [0.15, 0.2) is 0 Å². The zero-order valence-corrected chi connectivity index (χ0v) is 12.9. The summed E-state index contributed by atoms with van der Waals surface area (Å²) in [6.45, 7) is 2.39. The zero-order valence-electron chi connectivity index (χ0n) is 12.9. The summed E-state index contributed by atoms with van der Waals surface area (Å²) < 4.78 is 5.40. The van der Waals surface area contributed by atoms with E-state index in [2.05, 4.69) is 5.32 Å².